The summed E-state index contributed by atoms with van der Waals surface area (Å²) in [6.45, 7) is 3.84. The second kappa shape index (κ2) is 6.57. The van der Waals surface area contributed by atoms with Gasteiger partial charge < -0.3 is 10.4 Å². The van der Waals surface area contributed by atoms with Gasteiger partial charge in [-0.1, -0.05) is 19.4 Å². The lowest BCUT2D eigenvalue weighted by molar-refractivity contribution is -0.118. The van der Waals surface area contributed by atoms with E-state index in [1.54, 1.807) is 17.4 Å². The van der Waals surface area contributed by atoms with Gasteiger partial charge in [0, 0.05) is 11.0 Å². The Labute approximate surface area is 106 Å². The van der Waals surface area contributed by atoms with Crippen molar-refractivity contribution < 1.29 is 9.90 Å². The van der Waals surface area contributed by atoms with Gasteiger partial charge >= 0.3 is 0 Å². The summed E-state index contributed by atoms with van der Waals surface area (Å²) in [6.07, 6.45) is 4.98. The van der Waals surface area contributed by atoms with Gasteiger partial charge in [0.2, 0.25) is 5.91 Å². The van der Waals surface area contributed by atoms with Crippen LogP contribution in [0.2, 0.25) is 0 Å². The van der Waals surface area contributed by atoms with Gasteiger partial charge in [-0.15, -0.1) is 11.3 Å². The summed E-state index contributed by atoms with van der Waals surface area (Å²) in [6, 6.07) is 3.89. The van der Waals surface area contributed by atoms with Crippen molar-refractivity contribution in [2.45, 2.75) is 32.2 Å². The van der Waals surface area contributed by atoms with Crippen molar-refractivity contribution in [3.8, 4) is 0 Å². The first-order chi connectivity index (χ1) is 8.09. The second-order valence-electron chi connectivity index (χ2n) is 4.31. The molecule has 1 heterocycles. The van der Waals surface area contributed by atoms with Crippen molar-refractivity contribution >= 4 is 23.3 Å². The van der Waals surface area contributed by atoms with E-state index in [0.717, 1.165) is 17.7 Å². The third-order valence-corrected chi connectivity index (χ3v) is 3.36. The molecular weight excluding hydrogens is 234 g/mol. The number of carbonyl (C=O) groups excluding carboxylic acids is 1. The Morgan fingerprint density at radius 1 is 1.65 bits per heavy atom. The molecule has 1 rings (SSSR count). The van der Waals surface area contributed by atoms with E-state index in [-0.39, 0.29) is 12.5 Å². The van der Waals surface area contributed by atoms with Crippen molar-refractivity contribution in [1.82, 2.24) is 5.32 Å². The van der Waals surface area contributed by atoms with Gasteiger partial charge in [0.15, 0.2) is 0 Å². The van der Waals surface area contributed by atoms with E-state index < -0.39 is 5.54 Å². The van der Waals surface area contributed by atoms with Gasteiger partial charge in [-0.25, -0.2) is 0 Å². The number of hydrogen-bond donors (Lipinski definition) is 2. The van der Waals surface area contributed by atoms with Crippen LogP contribution in [-0.2, 0) is 4.79 Å². The molecular formula is C13H19NO2S. The van der Waals surface area contributed by atoms with Gasteiger partial charge in [-0.3, -0.25) is 4.79 Å². The lowest BCUT2D eigenvalue weighted by Gasteiger charge is -2.27. The summed E-state index contributed by atoms with van der Waals surface area (Å²) in [5.74, 6) is -0.164. The molecule has 4 heteroatoms. The first-order valence-corrected chi connectivity index (χ1v) is 6.62. The van der Waals surface area contributed by atoms with Gasteiger partial charge in [-0.2, -0.15) is 0 Å². The summed E-state index contributed by atoms with van der Waals surface area (Å²) < 4.78 is 0. The molecule has 1 amide bonds. The molecule has 0 saturated heterocycles. The van der Waals surface area contributed by atoms with Crippen molar-refractivity contribution in [3.63, 3.8) is 0 Å². The minimum atomic E-state index is -0.522. The standard InChI is InChI=1S/C13H19NO2S/c1-3-8-13(2,10-15)14-12(16)7-6-11-5-4-9-17-11/h4-7,9,15H,3,8,10H2,1-2H3,(H,14,16)/b7-6+/t13-/m1/s1. The second-order valence-corrected chi connectivity index (χ2v) is 5.29. The van der Waals surface area contributed by atoms with Crippen LogP contribution in [0.4, 0.5) is 0 Å². The highest BCUT2D eigenvalue weighted by Crippen LogP contribution is 2.12. The average molecular weight is 253 g/mol. The number of carbonyl (C=O) groups is 1. The fourth-order valence-electron chi connectivity index (χ4n) is 1.62. The maximum Gasteiger partial charge on any atom is 0.244 e. The van der Waals surface area contributed by atoms with E-state index in [9.17, 15) is 9.90 Å². The number of amides is 1. The van der Waals surface area contributed by atoms with Crippen molar-refractivity contribution in [2.75, 3.05) is 6.61 Å². The zero-order valence-electron chi connectivity index (χ0n) is 10.3. The number of rotatable bonds is 6. The Morgan fingerprint density at radius 3 is 2.94 bits per heavy atom. The zero-order chi connectivity index (χ0) is 12.7. The number of thiophene rings is 1. The van der Waals surface area contributed by atoms with Crippen molar-refractivity contribution in [3.05, 3.63) is 28.5 Å². The number of aliphatic hydroxyl groups is 1. The molecule has 0 aromatic carbocycles. The molecule has 0 saturated carbocycles. The Balaban J connectivity index is 2.53. The minimum absolute atomic E-state index is 0.0422. The molecule has 1 aromatic rings. The largest absolute Gasteiger partial charge is 0.394 e. The molecule has 3 nitrogen and oxygen atoms in total. The topological polar surface area (TPSA) is 49.3 Å². The molecule has 94 valence electrons. The summed E-state index contributed by atoms with van der Waals surface area (Å²) in [5.41, 5.74) is -0.522. The third-order valence-electron chi connectivity index (χ3n) is 2.52. The van der Waals surface area contributed by atoms with E-state index in [1.165, 1.54) is 6.08 Å². The molecule has 17 heavy (non-hydrogen) atoms. The maximum atomic E-state index is 11.7. The quantitative estimate of drug-likeness (QED) is 0.765. The van der Waals surface area contributed by atoms with Crippen LogP contribution in [0.1, 0.15) is 31.6 Å². The molecule has 1 atom stereocenters. The fourth-order valence-corrected chi connectivity index (χ4v) is 2.23. The minimum Gasteiger partial charge on any atom is -0.394 e. The van der Waals surface area contributed by atoms with E-state index >= 15 is 0 Å². The Morgan fingerprint density at radius 2 is 2.41 bits per heavy atom. The molecule has 0 aliphatic carbocycles. The van der Waals surface area contributed by atoms with Crippen LogP contribution < -0.4 is 5.32 Å². The number of aliphatic hydroxyl groups excluding tert-OH is 1. The van der Waals surface area contributed by atoms with Gasteiger partial charge in [0.1, 0.15) is 0 Å². The van der Waals surface area contributed by atoms with Crippen LogP contribution in [0.3, 0.4) is 0 Å². The van der Waals surface area contributed by atoms with Gasteiger partial charge in [-0.05, 0) is 30.9 Å². The lowest BCUT2D eigenvalue weighted by Crippen LogP contribution is -2.48. The maximum absolute atomic E-state index is 11.7. The highest BCUT2D eigenvalue weighted by atomic mass is 32.1. The molecule has 0 spiro atoms. The predicted molar refractivity (Wildman–Crippen MR) is 71.9 cm³/mol. The molecule has 0 bridgehead atoms. The SMILES string of the molecule is CCC[C@](C)(CO)NC(=O)/C=C/c1cccs1. The molecule has 1 aromatic heterocycles. The molecule has 0 unspecified atom stereocenters. The Bertz CT molecular complexity index is 373. The first kappa shape index (κ1) is 13.9. The van der Waals surface area contributed by atoms with Crippen LogP contribution in [0.5, 0.6) is 0 Å². The summed E-state index contributed by atoms with van der Waals surface area (Å²) >= 11 is 1.58. The van der Waals surface area contributed by atoms with E-state index in [1.807, 2.05) is 31.4 Å². The van der Waals surface area contributed by atoms with Gasteiger partial charge in [0.25, 0.3) is 0 Å². The molecule has 0 aliphatic heterocycles. The van der Waals surface area contributed by atoms with Crippen LogP contribution in [0.25, 0.3) is 6.08 Å². The highest BCUT2D eigenvalue weighted by Gasteiger charge is 2.23. The monoisotopic (exact) mass is 253 g/mol. The van der Waals surface area contributed by atoms with Crippen LogP contribution in [0, 0.1) is 0 Å². The summed E-state index contributed by atoms with van der Waals surface area (Å²) in [5, 5.41) is 14.1. The van der Waals surface area contributed by atoms with Crippen LogP contribution in [-0.4, -0.2) is 23.2 Å². The van der Waals surface area contributed by atoms with Crippen molar-refractivity contribution in [2.24, 2.45) is 0 Å². The van der Waals surface area contributed by atoms with E-state index in [0.29, 0.717) is 0 Å². The lowest BCUT2D eigenvalue weighted by atomic mass is 9.97. The first-order valence-electron chi connectivity index (χ1n) is 5.74. The average Bonchev–Trinajstić information content (AvgIpc) is 2.79. The summed E-state index contributed by atoms with van der Waals surface area (Å²) in [4.78, 5) is 12.7. The smallest absolute Gasteiger partial charge is 0.244 e. The van der Waals surface area contributed by atoms with Crippen molar-refractivity contribution in [1.29, 1.82) is 0 Å². The van der Waals surface area contributed by atoms with Crippen LogP contribution >= 0.6 is 11.3 Å². The molecule has 0 fully saturated rings. The van der Waals surface area contributed by atoms with E-state index in [4.69, 9.17) is 0 Å². The zero-order valence-corrected chi connectivity index (χ0v) is 11.1. The van der Waals surface area contributed by atoms with Gasteiger partial charge in [0.05, 0.1) is 12.1 Å². The van der Waals surface area contributed by atoms with Crippen LogP contribution in [0.15, 0.2) is 23.6 Å². The highest BCUT2D eigenvalue weighted by molar-refractivity contribution is 7.10. The molecule has 0 aliphatic rings. The predicted octanol–water partition coefficient (Wildman–Crippen LogP) is 2.43. The summed E-state index contributed by atoms with van der Waals surface area (Å²) in [7, 11) is 0. The molecule has 2 N–H and O–H groups in total. The molecule has 0 radical (unpaired) electrons. The third kappa shape index (κ3) is 4.71. The Hall–Kier alpha value is -1.13. The number of nitrogens with one attached hydrogen (secondary N) is 1. The normalized spacial score (nSPS) is 14.8. The Kier molecular flexibility index (Phi) is 5.38. The van der Waals surface area contributed by atoms with E-state index in [2.05, 4.69) is 5.32 Å². The number of hydrogen-bond acceptors (Lipinski definition) is 3. The fraction of sp³-hybridized carbons (Fsp3) is 0.462.